The number of unbranched alkanes of at least 4 members (excludes halogenated alkanes) is 4. The van der Waals surface area contributed by atoms with Crippen molar-refractivity contribution >= 4 is 29.7 Å². The fraction of sp³-hybridized carbons (Fsp3) is 0.538. The standard InChI is InChI=1S/C13H21O2PS2/c1-2-3-4-5-6-9-12-10-7-8-11-13(12)15-16(14,17)18/h7-8,10-11H,2-6,9H2,1H3,(H2,14,17,18). The molecule has 0 saturated carbocycles. The van der Waals surface area contributed by atoms with Gasteiger partial charge in [0.15, 0.2) is 0 Å². The zero-order valence-electron chi connectivity index (χ0n) is 10.7. The highest BCUT2D eigenvalue weighted by atomic mass is 32.9. The number of para-hydroxylation sites is 1. The lowest BCUT2D eigenvalue weighted by atomic mass is 10.0. The minimum Gasteiger partial charge on any atom is -0.436 e. The second kappa shape index (κ2) is 8.21. The van der Waals surface area contributed by atoms with E-state index in [2.05, 4.69) is 19.2 Å². The van der Waals surface area contributed by atoms with Crippen molar-refractivity contribution in [1.29, 1.82) is 0 Å². The number of hydrogen-bond acceptors (Lipinski definition) is 2. The molecule has 0 saturated heterocycles. The molecular weight excluding hydrogens is 283 g/mol. The molecule has 0 amide bonds. The molecule has 1 aromatic carbocycles. The van der Waals surface area contributed by atoms with Gasteiger partial charge < -0.3 is 9.42 Å². The van der Waals surface area contributed by atoms with Crippen molar-refractivity contribution in [2.24, 2.45) is 0 Å². The average molecular weight is 304 g/mol. The Balaban J connectivity index is 2.51. The summed E-state index contributed by atoms with van der Waals surface area (Å²) < 4.78 is 5.36. The monoisotopic (exact) mass is 304 g/mol. The SMILES string of the molecule is CCCCCCCc1ccccc1OP(O)(=S)S. The highest BCUT2D eigenvalue weighted by Gasteiger charge is 2.11. The highest BCUT2D eigenvalue weighted by molar-refractivity contribution is 8.59. The molecule has 1 rings (SSSR count). The Bertz CT molecular complexity index is 404. The lowest BCUT2D eigenvalue weighted by molar-refractivity contribution is 0.499. The lowest BCUT2D eigenvalue weighted by Gasteiger charge is -2.14. The lowest BCUT2D eigenvalue weighted by Crippen LogP contribution is -1.93. The van der Waals surface area contributed by atoms with Gasteiger partial charge >= 0.3 is 0 Å². The van der Waals surface area contributed by atoms with E-state index in [1.165, 1.54) is 25.7 Å². The van der Waals surface area contributed by atoms with Crippen molar-refractivity contribution in [3.8, 4) is 5.75 Å². The van der Waals surface area contributed by atoms with Gasteiger partial charge in [0.1, 0.15) is 5.75 Å². The van der Waals surface area contributed by atoms with Crippen molar-refractivity contribution in [3.63, 3.8) is 0 Å². The van der Waals surface area contributed by atoms with Gasteiger partial charge in [-0.2, -0.15) is 0 Å². The van der Waals surface area contributed by atoms with Gasteiger partial charge in [-0.25, -0.2) is 0 Å². The summed E-state index contributed by atoms with van der Waals surface area (Å²) in [4.78, 5) is 9.50. The maximum absolute atomic E-state index is 9.50. The molecule has 1 atom stereocenters. The van der Waals surface area contributed by atoms with Crippen molar-refractivity contribution < 1.29 is 9.42 Å². The summed E-state index contributed by atoms with van der Waals surface area (Å²) in [7, 11) is 0. The Hall–Kier alpha value is -0.0200. The molecule has 18 heavy (non-hydrogen) atoms. The first-order valence-corrected chi connectivity index (χ1v) is 10.2. The molecule has 0 aliphatic rings. The maximum atomic E-state index is 9.50. The Morgan fingerprint density at radius 2 is 1.89 bits per heavy atom. The quantitative estimate of drug-likeness (QED) is 0.413. The van der Waals surface area contributed by atoms with Gasteiger partial charge in [-0.1, -0.05) is 63.1 Å². The topological polar surface area (TPSA) is 29.5 Å². The molecule has 2 nitrogen and oxygen atoms in total. The third kappa shape index (κ3) is 6.79. The Kier molecular flexibility index (Phi) is 7.31. The molecule has 0 heterocycles. The van der Waals surface area contributed by atoms with Crippen LogP contribution in [0.25, 0.3) is 0 Å². The van der Waals surface area contributed by atoms with Gasteiger partial charge in [-0.15, -0.1) is 0 Å². The summed E-state index contributed by atoms with van der Waals surface area (Å²) in [6.07, 6.45) is 7.17. The summed E-state index contributed by atoms with van der Waals surface area (Å²) in [5.41, 5.74) is -1.83. The zero-order chi connectivity index (χ0) is 13.4. The van der Waals surface area contributed by atoms with Gasteiger partial charge in [-0.3, -0.25) is 0 Å². The van der Waals surface area contributed by atoms with E-state index in [0.29, 0.717) is 5.75 Å². The first kappa shape index (κ1) is 16.0. The second-order valence-corrected chi connectivity index (χ2v) is 9.44. The van der Waals surface area contributed by atoms with Gasteiger partial charge in [0.05, 0.1) is 0 Å². The number of benzene rings is 1. The molecule has 0 bridgehead atoms. The first-order chi connectivity index (χ1) is 8.53. The van der Waals surface area contributed by atoms with Gasteiger partial charge in [0.25, 0.3) is 5.69 Å². The zero-order valence-corrected chi connectivity index (χ0v) is 13.3. The van der Waals surface area contributed by atoms with Crippen LogP contribution in [0.15, 0.2) is 24.3 Å². The van der Waals surface area contributed by atoms with Crippen LogP contribution < -0.4 is 4.52 Å². The Morgan fingerprint density at radius 3 is 2.56 bits per heavy atom. The van der Waals surface area contributed by atoms with Crippen molar-refractivity contribution in [3.05, 3.63) is 29.8 Å². The van der Waals surface area contributed by atoms with Crippen LogP contribution in [0.2, 0.25) is 0 Å². The molecule has 5 heteroatoms. The van der Waals surface area contributed by atoms with Gasteiger partial charge in [0.2, 0.25) is 0 Å². The molecule has 1 unspecified atom stereocenters. The van der Waals surface area contributed by atoms with E-state index in [0.717, 1.165) is 18.4 Å². The minimum atomic E-state index is -2.94. The van der Waals surface area contributed by atoms with Crippen LogP contribution in [0.5, 0.6) is 5.75 Å². The van der Waals surface area contributed by atoms with Crippen LogP contribution in [-0.4, -0.2) is 4.89 Å². The minimum absolute atomic E-state index is 0.675. The molecule has 0 aromatic heterocycles. The normalized spacial score (nSPS) is 14.2. The number of aryl methyl sites for hydroxylation is 1. The molecule has 0 aliphatic carbocycles. The molecular formula is C13H21O2PS2. The third-order valence-electron chi connectivity index (χ3n) is 2.74. The third-order valence-corrected chi connectivity index (χ3v) is 3.64. The highest BCUT2D eigenvalue weighted by Crippen LogP contribution is 2.48. The molecule has 0 fully saturated rings. The summed E-state index contributed by atoms with van der Waals surface area (Å²) in [5.74, 6) is 0.675. The van der Waals surface area contributed by atoms with Crippen molar-refractivity contribution in [2.45, 2.75) is 45.4 Å². The number of hydrogen-bond donors (Lipinski definition) is 2. The fourth-order valence-corrected chi connectivity index (χ4v) is 2.79. The first-order valence-electron chi connectivity index (χ1n) is 6.36. The molecule has 102 valence electrons. The Labute approximate surface area is 120 Å². The van der Waals surface area contributed by atoms with Gasteiger partial charge in [-0.05, 0) is 36.3 Å². The van der Waals surface area contributed by atoms with Crippen LogP contribution in [0, 0.1) is 0 Å². The van der Waals surface area contributed by atoms with E-state index in [-0.39, 0.29) is 0 Å². The van der Waals surface area contributed by atoms with E-state index in [1.807, 2.05) is 24.3 Å². The summed E-state index contributed by atoms with van der Waals surface area (Å²) in [6.45, 7) is 2.21. The molecule has 0 spiro atoms. The predicted molar refractivity (Wildman–Crippen MR) is 85.0 cm³/mol. The van der Waals surface area contributed by atoms with E-state index >= 15 is 0 Å². The van der Waals surface area contributed by atoms with Crippen LogP contribution in [-0.2, 0) is 18.2 Å². The van der Waals surface area contributed by atoms with Crippen LogP contribution in [0.4, 0.5) is 0 Å². The van der Waals surface area contributed by atoms with Crippen molar-refractivity contribution in [2.75, 3.05) is 0 Å². The second-order valence-electron chi connectivity index (χ2n) is 4.35. The molecule has 0 radical (unpaired) electrons. The van der Waals surface area contributed by atoms with E-state index in [9.17, 15) is 4.89 Å². The predicted octanol–water partition coefficient (Wildman–Crippen LogP) is 4.72. The van der Waals surface area contributed by atoms with Gasteiger partial charge in [0, 0.05) is 0 Å². The molecule has 1 N–H and O–H groups in total. The fourth-order valence-electron chi connectivity index (χ4n) is 1.85. The van der Waals surface area contributed by atoms with Crippen molar-refractivity contribution in [1.82, 2.24) is 0 Å². The maximum Gasteiger partial charge on any atom is 0.291 e. The van der Waals surface area contributed by atoms with E-state index < -0.39 is 5.69 Å². The average Bonchev–Trinajstić information content (AvgIpc) is 2.29. The molecule has 0 aliphatic heterocycles. The largest absolute Gasteiger partial charge is 0.436 e. The van der Waals surface area contributed by atoms with Crippen LogP contribution in [0.1, 0.15) is 44.6 Å². The van der Waals surface area contributed by atoms with E-state index in [4.69, 9.17) is 16.3 Å². The molecule has 1 aromatic rings. The summed E-state index contributed by atoms with van der Waals surface area (Å²) in [6, 6.07) is 7.73. The number of thiol groups is 1. The Morgan fingerprint density at radius 1 is 1.22 bits per heavy atom. The van der Waals surface area contributed by atoms with Crippen LogP contribution in [0.3, 0.4) is 0 Å². The number of rotatable bonds is 8. The van der Waals surface area contributed by atoms with Crippen LogP contribution >= 0.6 is 17.9 Å². The summed E-state index contributed by atoms with van der Waals surface area (Å²) in [5, 5.41) is 0. The summed E-state index contributed by atoms with van der Waals surface area (Å²) >= 11 is 8.71. The smallest absolute Gasteiger partial charge is 0.291 e. The van der Waals surface area contributed by atoms with E-state index in [1.54, 1.807) is 0 Å².